The average molecular weight is 108 g/mol. The maximum atomic E-state index is 10.1. The van der Waals surface area contributed by atoms with Gasteiger partial charge in [0.25, 0.3) is 0 Å². The molecule has 0 fully saturated rings. The average Bonchev–Trinajstić information content (AvgIpc) is 1.68. The van der Waals surface area contributed by atoms with Crippen molar-refractivity contribution in [1.29, 1.82) is 0 Å². The standard InChI is InChI=1S/C5H10O2.Li/c1-3-5(6)7-4-2;/h3,6H,4H2,1-2H3;/q;+1/p-1/b5-3-;. The van der Waals surface area contributed by atoms with Gasteiger partial charge in [-0.15, -0.1) is 0 Å². The van der Waals surface area contributed by atoms with Crippen LogP contribution in [-0.2, 0) is 4.74 Å². The molecule has 0 bridgehead atoms. The van der Waals surface area contributed by atoms with Crippen LogP contribution in [0.3, 0.4) is 0 Å². The van der Waals surface area contributed by atoms with Gasteiger partial charge in [-0.1, -0.05) is 13.0 Å². The monoisotopic (exact) mass is 108 g/mol. The summed E-state index contributed by atoms with van der Waals surface area (Å²) in [6, 6.07) is 0. The van der Waals surface area contributed by atoms with Crippen molar-refractivity contribution >= 4 is 0 Å². The van der Waals surface area contributed by atoms with E-state index in [2.05, 4.69) is 4.74 Å². The van der Waals surface area contributed by atoms with E-state index < -0.39 is 0 Å². The molecule has 2 nitrogen and oxygen atoms in total. The molecule has 3 heteroatoms. The van der Waals surface area contributed by atoms with Crippen molar-refractivity contribution in [3.8, 4) is 0 Å². The van der Waals surface area contributed by atoms with E-state index in [1.165, 1.54) is 6.08 Å². The third-order valence-electron chi connectivity index (χ3n) is 0.522. The van der Waals surface area contributed by atoms with Crippen LogP contribution in [0, 0.1) is 0 Å². The Morgan fingerprint density at radius 2 is 2.25 bits per heavy atom. The molecule has 0 saturated carbocycles. The van der Waals surface area contributed by atoms with E-state index in [0.29, 0.717) is 6.61 Å². The molecule has 0 aromatic carbocycles. The van der Waals surface area contributed by atoms with Crippen LogP contribution in [0.15, 0.2) is 12.0 Å². The van der Waals surface area contributed by atoms with Crippen molar-refractivity contribution in [2.24, 2.45) is 0 Å². The molecule has 42 valence electrons. The molecule has 0 rings (SSSR count). The summed E-state index contributed by atoms with van der Waals surface area (Å²) < 4.78 is 4.50. The van der Waals surface area contributed by atoms with Gasteiger partial charge in [-0.2, -0.15) is 0 Å². The van der Waals surface area contributed by atoms with Gasteiger partial charge in [0.15, 0.2) is 0 Å². The second-order valence-corrected chi connectivity index (χ2v) is 1.04. The van der Waals surface area contributed by atoms with Crippen LogP contribution in [0.5, 0.6) is 0 Å². The summed E-state index contributed by atoms with van der Waals surface area (Å²) in [6.07, 6.45) is 1.39. The fraction of sp³-hybridized carbons (Fsp3) is 0.600. The van der Waals surface area contributed by atoms with E-state index in [1.54, 1.807) is 13.8 Å². The van der Waals surface area contributed by atoms with Crippen LogP contribution in [0.25, 0.3) is 0 Å². The summed E-state index contributed by atoms with van der Waals surface area (Å²) in [5.41, 5.74) is 0. The topological polar surface area (TPSA) is 32.3 Å². The van der Waals surface area contributed by atoms with Crippen LogP contribution in [-0.4, -0.2) is 6.61 Å². The number of allylic oxidation sites excluding steroid dienone is 1. The van der Waals surface area contributed by atoms with Crippen molar-refractivity contribution in [2.45, 2.75) is 13.8 Å². The van der Waals surface area contributed by atoms with E-state index in [1.807, 2.05) is 0 Å². The Labute approximate surface area is 61.7 Å². The predicted octanol–water partition coefficient (Wildman–Crippen LogP) is -2.75. The van der Waals surface area contributed by atoms with E-state index in [0.717, 1.165) is 0 Å². The van der Waals surface area contributed by atoms with Gasteiger partial charge < -0.3 is 9.84 Å². The van der Waals surface area contributed by atoms with Crippen molar-refractivity contribution in [3.05, 3.63) is 12.0 Å². The van der Waals surface area contributed by atoms with Gasteiger partial charge in [0.05, 0.1) is 0 Å². The second-order valence-electron chi connectivity index (χ2n) is 1.04. The number of ether oxygens (including phenoxy) is 1. The largest absolute Gasteiger partial charge is 1.00 e. The molecular formula is C5H9LiO2. The van der Waals surface area contributed by atoms with Crippen molar-refractivity contribution in [2.75, 3.05) is 6.61 Å². The zero-order valence-electron chi connectivity index (χ0n) is 5.60. The Hall–Kier alpha value is -0.0626. The fourth-order valence-corrected chi connectivity index (χ4v) is 0.226. The third-order valence-corrected chi connectivity index (χ3v) is 0.522. The molecule has 0 unspecified atom stereocenters. The quantitative estimate of drug-likeness (QED) is 0.284. The van der Waals surface area contributed by atoms with E-state index in [4.69, 9.17) is 0 Å². The molecule has 0 aromatic heterocycles. The van der Waals surface area contributed by atoms with Gasteiger partial charge in [-0.05, 0) is 13.5 Å². The Kier molecular flexibility index (Phi) is 9.40. The zero-order valence-corrected chi connectivity index (χ0v) is 5.60. The molecule has 0 saturated heterocycles. The summed E-state index contributed by atoms with van der Waals surface area (Å²) in [4.78, 5) is 0. The van der Waals surface area contributed by atoms with E-state index >= 15 is 0 Å². The first-order chi connectivity index (χ1) is 3.31. The smallest absolute Gasteiger partial charge is 0.614 e. The summed E-state index contributed by atoms with van der Waals surface area (Å²) in [5.74, 6) is -0.248. The third kappa shape index (κ3) is 5.94. The minimum absolute atomic E-state index is 0. The van der Waals surface area contributed by atoms with Crippen molar-refractivity contribution in [1.82, 2.24) is 0 Å². The Bertz CT molecular complexity index is 70.8. The number of rotatable bonds is 2. The molecule has 0 spiro atoms. The summed E-state index contributed by atoms with van der Waals surface area (Å²) in [6.45, 7) is 3.89. The van der Waals surface area contributed by atoms with Gasteiger partial charge in [-0.3, -0.25) is 0 Å². The van der Waals surface area contributed by atoms with Crippen LogP contribution in [0.2, 0.25) is 0 Å². The molecule has 0 aliphatic carbocycles. The summed E-state index contributed by atoms with van der Waals surface area (Å²) in [7, 11) is 0. The van der Waals surface area contributed by atoms with Gasteiger partial charge in [-0.25, -0.2) is 0 Å². The first kappa shape index (κ1) is 10.8. The molecule has 0 atom stereocenters. The molecular weight excluding hydrogens is 99.0 g/mol. The summed E-state index contributed by atoms with van der Waals surface area (Å²) in [5, 5.41) is 10.1. The van der Waals surface area contributed by atoms with Gasteiger partial charge in [0, 0.05) is 5.95 Å². The molecule has 0 radical (unpaired) electrons. The Balaban J connectivity index is 0. The number of hydrogen-bond donors (Lipinski definition) is 0. The second kappa shape index (κ2) is 6.94. The van der Waals surface area contributed by atoms with E-state index in [9.17, 15) is 5.11 Å². The molecule has 0 heterocycles. The molecule has 0 amide bonds. The normalized spacial score (nSPS) is 10.0. The van der Waals surface area contributed by atoms with Crippen molar-refractivity contribution < 1.29 is 28.7 Å². The minimum Gasteiger partial charge on any atom is -0.614 e. The Morgan fingerprint density at radius 1 is 1.75 bits per heavy atom. The zero-order chi connectivity index (χ0) is 5.70. The van der Waals surface area contributed by atoms with Crippen LogP contribution >= 0.6 is 0 Å². The number of hydrogen-bond acceptors (Lipinski definition) is 2. The van der Waals surface area contributed by atoms with E-state index in [-0.39, 0.29) is 24.8 Å². The molecule has 0 aliphatic heterocycles. The molecule has 8 heavy (non-hydrogen) atoms. The van der Waals surface area contributed by atoms with Gasteiger partial charge in [0.1, 0.15) is 0 Å². The maximum absolute atomic E-state index is 10.1. The summed E-state index contributed by atoms with van der Waals surface area (Å²) >= 11 is 0. The van der Waals surface area contributed by atoms with Gasteiger partial charge >= 0.3 is 18.9 Å². The van der Waals surface area contributed by atoms with Gasteiger partial charge in [0.2, 0.25) is 0 Å². The predicted molar refractivity (Wildman–Crippen MR) is 25.4 cm³/mol. The first-order valence-electron chi connectivity index (χ1n) is 2.27. The SMILES string of the molecule is C/C=C(/[O-])OCC.[Li+]. The van der Waals surface area contributed by atoms with Crippen LogP contribution in [0.4, 0.5) is 0 Å². The first-order valence-corrected chi connectivity index (χ1v) is 2.27. The molecule has 0 aromatic rings. The van der Waals surface area contributed by atoms with Crippen LogP contribution < -0.4 is 24.0 Å². The fourth-order valence-electron chi connectivity index (χ4n) is 0.226. The maximum Gasteiger partial charge on any atom is 1.00 e. The molecule has 0 N–H and O–H groups in total. The minimum atomic E-state index is -0.248. The van der Waals surface area contributed by atoms with Crippen LogP contribution in [0.1, 0.15) is 13.8 Å². The Morgan fingerprint density at radius 3 is 2.38 bits per heavy atom. The van der Waals surface area contributed by atoms with Crippen molar-refractivity contribution in [3.63, 3.8) is 0 Å². The molecule has 0 aliphatic rings.